The van der Waals surface area contributed by atoms with Gasteiger partial charge in [0.25, 0.3) is 5.91 Å². The highest BCUT2D eigenvalue weighted by Crippen LogP contribution is 2.28. The van der Waals surface area contributed by atoms with Crippen LogP contribution < -0.4 is 20.7 Å². The van der Waals surface area contributed by atoms with E-state index in [2.05, 4.69) is 16.0 Å². The van der Waals surface area contributed by atoms with E-state index in [0.717, 1.165) is 0 Å². The maximum Gasteiger partial charge on any atom is 0.255 e. The fourth-order valence-electron chi connectivity index (χ4n) is 2.91. The Morgan fingerprint density at radius 2 is 1.96 bits per heavy atom. The molecular weight excluding hydrogens is 306 g/mol. The molecule has 0 saturated carbocycles. The minimum atomic E-state index is -0.387. The molecule has 24 heavy (non-hydrogen) atoms. The van der Waals surface area contributed by atoms with Crippen LogP contribution >= 0.6 is 0 Å². The molecule has 0 aromatic heterocycles. The van der Waals surface area contributed by atoms with Crippen molar-refractivity contribution in [3.8, 4) is 5.75 Å². The van der Waals surface area contributed by atoms with Crippen molar-refractivity contribution < 1.29 is 14.3 Å². The van der Waals surface area contributed by atoms with Crippen LogP contribution in [-0.4, -0.2) is 44.1 Å². The van der Waals surface area contributed by atoms with Gasteiger partial charge in [-0.05, 0) is 25.5 Å². The molecular formula is C18H23N3O3. The molecule has 6 nitrogen and oxygen atoms in total. The predicted molar refractivity (Wildman–Crippen MR) is 90.9 cm³/mol. The van der Waals surface area contributed by atoms with E-state index in [9.17, 15) is 9.59 Å². The number of rotatable bonds is 0. The van der Waals surface area contributed by atoms with Crippen molar-refractivity contribution in [2.24, 2.45) is 5.41 Å². The molecule has 1 fully saturated rings. The second-order valence-electron chi connectivity index (χ2n) is 6.45. The third-order valence-electron chi connectivity index (χ3n) is 4.50. The van der Waals surface area contributed by atoms with Crippen molar-refractivity contribution in [1.29, 1.82) is 0 Å². The van der Waals surface area contributed by atoms with Gasteiger partial charge in [0.05, 0.1) is 11.0 Å². The predicted octanol–water partition coefficient (Wildman–Crippen LogP) is 0.849. The van der Waals surface area contributed by atoms with Crippen LogP contribution in [0.25, 0.3) is 0 Å². The van der Waals surface area contributed by atoms with E-state index in [0.29, 0.717) is 44.0 Å². The third-order valence-corrected chi connectivity index (χ3v) is 4.50. The summed E-state index contributed by atoms with van der Waals surface area (Å²) in [5, 5.41) is 9.04. The standard InChI is InChI=1S/C18H23N3O3/c1-13-10-20-17(23)18(11-19-12-18)8-4-5-9-24-15-7-3-2-6-14(15)16(22)21-13/h2-7,13,19H,8-12H2,1H3,(H,20,23)(H,21,22)/b5-4-/t13-/m1/s1. The minimum absolute atomic E-state index is 0.0328. The van der Waals surface area contributed by atoms with E-state index in [1.54, 1.807) is 18.2 Å². The first kappa shape index (κ1) is 16.5. The molecule has 1 aromatic carbocycles. The van der Waals surface area contributed by atoms with Crippen molar-refractivity contribution in [2.75, 3.05) is 26.2 Å². The molecule has 0 radical (unpaired) electrons. The number of ether oxygens (including phenoxy) is 1. The zero-order valence-electron chi connectivity index (χ0n) is 13.8. The lowest BCUT2D eigenvalue weighted by Crippen LogP contribution is -2.62. The lowest BCUT2D eigenvalue weighted by Gasteiger charge is -2.40. The number of nitrogens with one attached hydrogen (secondary N) is 3. The van der Waals surface area contributed by atoms with E-state index in [1.165, 1.54) is 0 Å². The Hall–Kier alpha value is -2.34. The number of carbonyl (C=O) groups is 2. The summed E-state index contributed by atoms with van der Waals surface area (Å²) < 4.78 is 5.72. The van der Waals surface area contributed by atoms with Gasteiger partial charge in [0, 0.05) is 25.7 Å². The summed E-state index contributed by atoms with van der Waals surface area (Å²) in [5.41, 5.74) is 0.114. The van der Waals surface area contributed by atoms with Crippen molar-refractivity contribution in [3.05, 3.63) is 42.0 Å². The second kappa shape index (κ2) is 7.05. The summed E-state index contributed by atoms with van der Waals surface area (Å²) in [6, 6.07) is 7.01. The van der Waals surface area contributed by atoms with E-state index in [-0.39, 0.29) is 23.3 Å². The zero-order valence-corrected chi connectivity index (χ0v) is 13.8. The summed E-state index contributed by atoms with van der Waals surface area (Å²) in [6.07, 6.45) is 4.56. The summed E-state index contributed by atoms with van der Waals surface area (Å²) >= 11 is 0. The number of hydrogen-bond donors (Lipinski definition) is 3. The van der Waals surface area contributed by atoms with Gasteiger partial charge >= 0.3 is 0 Å². The summed E-state index contributed by atoms with van der Waals surface area (Å²) in [5.74, 6) is 0.395. The fraction of sp³-hybridized carbons (Fsp3) is 0.444. The van der Waals surface area contributed by atoms with Crippen molar-refractivity contribution >= 4 is 11.8 Å². The number of para-hydroxylation sites is 1. The second-order valence-corrected chi connectivity index (χ2v) is 6.45. The molecule has 1 saturated heterocycles. The lowest BCUT2D eigenvalue weighted by atomic mass is 9.77. The van der Waals surface area contributed by atoms with Gasteiger partial charge in [0.15, 0.2) is 0 Å². The molecule has 2 aliphatic heterocycles. The average molecular weight is 329 g/mol. The maximum atomic E-state index is 12.5. The van der Waals surface area contributed by atoms with E-state index in [4.69, 9.17) is 4.74 Å². The highest BCUT2D eigenvalue weighted by atomic mass is 16.5. The molecule has 1 aromatic rings. The number of allylic oxidation sites excluding steroid dienone is 1. The molecule has 2 aliphatic rings. The molecule has 0 unspecified atom stereocenters. The van der Waals surface area contributed by atoms with Crippen LogP contribution in [0.2, 0.25) is 0 Å². The van der Waals surface area contributed by atoms with Gasteiger partial charge in [-0.25, -0.2) is 0 Å². The number of amides is 2. The number of benzene rings is 1. The number of fused-ring (bicyclic) bond motifs is 1. The molecule has 1 spiro atoms. The van der Waals surface area contributed by atoms with Crippen LogP contribution in [0.4, 0.5) is 0 Å². The van der Waals surface area contributed by atoms with Crippen LogP contribution in [0.5, 0.6) is 5.75 Å². The smallest absolute Gasteiger partial charge is 0.255 e. The van der Waals surface area contributed by atoms with E-state index < -0.39 is 0 Å². The summed E-state index contributed by atoms with van der Waals surface area (Å²) in [6.45, 7) is 3.99. The highest BCUT2D eigenvalue weighted by molar-refractivity contribution is 5.97. The first-order chi connectivity index (χ1) is 11.6. The number of hydrogen-bond acceptors (Lipinski definition) is 4. The Bertz CT molecular complexity index is 653. The van der Waals surface area contributed by atoms with Crippen LogP contribution in [0.3, 0.4) is 0 Å². The molecule has 3 N–H and O–H groups in total. The lowest BCUT2D eigenvalue weighted by molar-refractivity contribution is -0.133. The van der Waals surface area contributed by atoms with Crippen molar-refractivity contribution in [3.63, 3.8) is 0 Å². The Morgan fingerprint density at radius 1 is 1.17 bits per heavy atom. The summed E-state index contributed by atoms with van der Waals surface area (Å²) in [7, 11) is 0. The van der Waals surface area contributed by atoms with Gasteiger partial charge in [-0.3, -0.25) is 9.59 Å². The molecule has 1 atom stereocenters. The fourth-order valence-corrected chi connectivity index (χ4v) is 2.91. The molecule has 2 amide bonds. The van der Waals surface area contributed by atoms with Gasteiger partial charge in [0.1, 0.15) is 12.4 Å². The first-order valence-electron chi connectivity index (χ1n) is 8.27. The largest absolute Gasteiger partial charge is 0.489 e. The normalized spacial score (nSPS) is 25.3. The molecule has 0 bridgehead atoms. The Kier molecular flexibility index (Phi) is 4.85. The van der Waals surface area contributed by atoms with Crippen LogP contribution in [0.1, 0.15) is 23.7 Å². The average Bonchev–Trinajstić information content (AvgIpc) is 2.54. The Morgan fingerprint density at radius 3 is 2.71 bits per heavy atom. The topological polar surface area (TPSA) is 79.5 Å². The SMILES string of the molecule is C[C@@H]1CNC(=O)C2(C/C=C\COc3ccccc3C(=O)N1)CNC2. The molecule has 0 aliphatic carbocycles. The monoisotopic (exact) mass is 329 g/mol. The first-order valence-corrected chi connectivity index (χ1v) is 8.27. The van der Waals surface area contributed by atoms with E-state index in [1.807, 2.05) is 25.1 Å². The zero-order chi connectivity index (χ0) is 17.0. The Balaban J connectivity index is 1.80. The van der Waals surface area contributed by atoms with Crippen LogP contribution in [-0.2, 0) is 4.79 Å². The third kappa shape index (κ3) is 3.43. The summed E-state index contributed by atoms with van der Waals surface area (Å²) in [4.78, 5) is 24.9. The van der Waals surface area contributed by atoms with Gasteiger partial charge in [-0.1, -0.05) is 24.3 Å². The quantitative estimate of drug-likeness (QED) is 0.617. The van der Waals surface area contributed by atoms with Gasteiger partial charge < -0.3 is 20.7 Å². The van der Waals surface area contributed by atoms with Gasteiger partial charge in [-0.15, -0.1) is 0 Å². The molecule has 6 heteroatoms. The van der Waals surface area contributed by atoms with Gasteiger partial charge in [-0.2, -0.15) is 0 Å². The van der Waals surface area contributed by atoms with E-state index >= 15 is 0 Å². The van der Waals surface area contributed by atoms with Gasteiger partial charge in [0.2, 0.25) is 5.91 Å². The van der Waals surface area contributed by atoms with Crippen molar-refractivity contribution in [2.45, 2.75) is 19.4 Å². The molecule has 128 valence electrons. The molecule has 2 heterocycles. The maximum absolute atomic E-state index is 12.5. The van der Waals surface area contributed by atoms with Crippen molar-refractivity contribution in [1.82, 2.24) is 16.0 Å². The highest BCUT2D eigenvalue weighted by Gasteiger charge is 2.43. The minimum Gasteiger partial charge on any atom is -0.489 e. The van der Waals surface area contributed by atoms with Crippen LogP contribution in [0.15, 0.2) is 36.4 Å². The molecule has 3 rings (SSSR count). The van der Waals surface area contributed by atoms with Crippen LogP contribution in [0, 0.1) is 5.41 Å². The number of carbonyl (C=O) groups excluding carboxylic acids is 2. The Labute approximate surface area is 141 Å².